The highest BCUT2D eigenvalue weighted by molar-refractivity contribution is 7.89. The van der Waals surface area contributed by atoms with Gasteiger partial charge in [0.05, 0.1) is 16.4 Å². The number of sulfonamides is 1. The Balaban J connectivity index is 2.40. The first kappa shape index (κ1) is 16.3. The topological polar surface area (TPSA) is 63.4 Å². The fourth-order valence-electron chi connectivity index (χ4n) is 2.53. The van der Waals surface area contributed by atoms with Crippen molar-refractivity contribution in [3.63, 3.8) is 0 Å². The highest BCUT2D eigenvalue weighted by Gasteiger charge is 2.34. The summed E-state index contributed by atoms with van der Waals surface area (Å²) in [7, 11) is -3.96. The Morgan fingerprint density at radius 1 is 1.29 bits per heavy atom. The summed E-state index contributed by atoms with van der Waals surface area (Å²) < 4.78 is 52.8. The van der Waals surface area contributed by atoms with Crippen LogP contribution in [0.25, 0.3) is 0 Å². The first-order chi connectivity index (χ1) is 9.82. The van der Waals surface area contributed by atoms with Gasteiger partial charge in [0.2, 0.25) is 10.0 Å². The molecule has 0 heterocycles. The van der Waals surface area contributed by atoms with Gasteiger partial charge in [0.15, 0.2) is 11.6 Å². The van der Waals surface area contributed by atoms with E-state index in [9.17, 15) is 17.2 Å². The second kappa shape index (κ2) is 6.33. The minimum Gasteiger partial charge on any atom is -0.392 e. The third-order valence-corrected chi connectivity index (χ3v) is 5.56. The summed E-state index contributed by atoms with van der Waals surface area (Å²) in [5, 5.41) is 0. The van der Waals surface area contributed by atoms with Crippen molar-refractivity contribution in [3.8, 4) is 0 Å². The molecule has 116 valence electrons. The van der Waals surface area contributed by atoms with E-state index < -0.39 is 21.7 Å². The number of hydrogen-bond donors (Lipinski definition) is 1. The Hall–Kier alpha value is -1.12. The Labute approximate surface area is 128 Å². The maximum absolute atomic E-state index is 13.3. The number of halogens is 2. The van der Waals surface area contributed by atoms with Crippen molar-refractivity contribution in [2.24, 2.45) is 5.73 Å². The average Bonchev–Trinajstić information content (AvgIpc) is 2.92. The van der Waals surface area contributed by atoms with Crippen LogP contribution in [0, 0.1) is 11.6 Å². The lowest BCUT2D eigenvalue weighted by Gasteiger charge is -2.27. The van der Waals surface area contributed by atoms with Crippen molar-refractivity contribution in [2.75, 3.05) is 6.54 Å². The molecule has 0 spiro atoms. The van der Waals surface area contributed by atoms with E-state index in [-0.39, 0.29) is 22.5 Å². The average molecular weight is 334 g/mol. The van der Waals surface area contributed by atoms with Crippen molar-refractivity contribution >= 4 is 27.2 Å². The molecular weight excluding hydrogens is 318 g/mol. The molecule has 0 aliphatic heterocycles. The predicted molar refractivity (Wildman–Crippen MR) is 79.3 cm³/mol. The largest absolute Gasteiger partial charge is 0.392 e. The second-order valence-corrected chi connectivity index (χ2v) is 7.45. The second-order valence-electron chi connectivity index (χ2n) is 5.03. The van der Waals surface area contributed by atoms with Crippen molar-refractivity contribution < 1.29 is 17.2 Å². The molecule has 0 radical (unpaired) electrons. The van der Waals surface area contributed by atoms with Crippen molar-refractivity contribution in [1.82, 2.24) is 4.31 Å². The van der Waals surface area contributed by atoms with E-state index in [0.717, 1.165) is 25.0 Å². The van der Waals surface area contributed by atoms with Gasteiger partial charge < -0.3 is 5.73 Å². The summed E-state index contributed by atoms with van der Waals surface area (Å²) in [6, 6.07) is 2.33. The molecule has 8 heteroatoms. The fourth-order valence-corrected chi connectivity index (χ4v) is 4.43. The van der Waals surface area contributed by atoms with Crippen LogP contribution in [0.3, 0.4) is 0 Å². The van der Waals surface area contributed by atoms with Gasteiger partial charge in [-0.2, -0.15) is 4.31 Å². The van der Waals surface area contributed by atoms with Crippen LogP contribution < -0.4 is 5.73 Å². The Morgan fingerprint density at radius 2 is 1.90 bits per heavy atom. The van der Waals surface area contributed by atoms with Gasteiger partial charge in [-0.15, -0.1) is 0 Å². The van der Waals surface area contributed by atoms with Crippen LogP contribution in [0.15, 0.2) is 23.1 Å². The third-order valence-electron chi connectivity index (χ3n) is 3.54. The summed E-state index contributed by atoms with van der Waals surface area (Å²) in [4.78, 5) is -0.238. The molecular formula is C13H16F2N2O2S2. The number of rotatable bonds is 5. The van der Waals surface area contributed by atoms with Crippen LogP contribution in [0.2, 0.25) is 0 Å². The van der Waals surface area contributed by atoms with Crippen LogP contribution in [0.5, 0.6) is 0 Å². The third kappa shape index (κ3) is 3.56. The van der Waals surface area contributed by atoms with Gasteiger partial charge in [0.25, 0.3) is 0 Å². The van der Waals surface area contributed by atoms with Gasteiger partial charge in [-0.25, -0.2) is 17.2 Å². The highest BCUT2D eigenvalue weighted by atomic mass is 32.2. The molecule has 0 aromatic heterocycles. The summed E-state index contributed by atoms with van der Waals surface area (Å²) in [6.45, 7) is -0.0959. The molecule has 1 saturated carbocycles. The highest BCUT2D eigenvalue weighted by Crippen LogP contribution is 2.29. The Bertz CT molecular complexity index is 644. The van der Waals surface area contributed by atoms with Crippen molar-refractivity contribution in [1.29, 1.82) is 0 Å². The van der Waals surface area contributed by atoms with Gasteiger partial charge in [-0.1, -0.05) is 25.1 Å². The van der Waals surface area contributed by atoms with E-state index in [0.29, 0.717) is 18.9 Å². The molecule has 0 unspecified atom stereocenters. The minimum absolute atomic E-state index is 0.0491. The van der Waals surface area contributed by atoms with Gasteiger partial charge in [-0.3, -0.25) is 0 Å². The van der Waals surface area contributed by atoms with Gasteiger partial charge in [-0.05, 0) is 31.0 Å². The minimum atomic E-state index is -3.96. The molecule has 1 aromatic carbocycles. The predicted octanol–water partition coefficient (Wildman–Crippen LogP) is 2.18. The summed E-state index contributed by atoms with van der Waals surface area (Å²) in [5.74, 6) is -2.28. The molecule has 0 atom stereocenters. The molecule has 4 nitrogen and oxygen atoms in total. The number of nitrogens with zero attached hydrogens (tertiary/aromatic N) is 1. The molecule has 1 aliphatic carbocycles. The number of nitrogens with two attached hydrogens (primary N) is 1. The van der Waals surface area contributed by atoms with Crippen molar-refractivity contribution in [3.05, 3.63) is 29.8 Å². The van der Waals surface area contributed by atoms with Gasteiger partial charge >= 0.3 is 0 Å². The summed E-state index contributed by atoms with van der Waals surface area (Å²) >= 11 is 4.81. The summed E-state index contributed by atoms with van der Waals surface area (Å²) in [5.41, 5.74) is 5.48. The quantitative estimate of drug-likeness (QED) is 0.839. The number of hydrogen-bond acceptors (Lipinski definition) is 3. The Kier molecular flexibility index (Phi) is 4.90. The Morgan fingerprint density at radius 3 is 2.43 bits per heavy atom. The van der Waals surface area contributed by atoms with Gasteiger partial charge in [0, 0.05) is 6.04 Å². The standard InChI is InChI=1S/C13H16F2N2O2S2/c14-11-6-5-10(7-12(11)15)21(18,19)17(8-13(16)20)9-3-1-2-4-9/h5-7,9H,1-4,8H2,(H2,16,20). The molecule has 21 heavy (non-hydrogen) atoms. The summed E-state index contributed by atoms with van der Waals surface area (Å²) in [6.07, 6.45) is 3.27. The van der Waals surface area contributed by atoms with Crippen LogP contribution in [0.4, 0.5) is 8.78 Å². The lowest BCUT2D eigenvalue weighted by atomic mass is 10.2. The van der Waals surface area contributed by atoms with Crippen LogP contribution in [-0.4, -0.2) is 30.3 Å². The lowest BCUT2D eigenvalue weighted by Crippen LogP contribution is -2.43. The lowest BCUT2D eigenvalue weighted by molar-refractivity contribution is 0.354. The first-order valence-corrected chi connectivity index (χ1v) is 8.42. The first-order valence-electron chi connectivity index (χ1n) is 6.57. The zero-order valence-corrected chi connectivity index (χ0v) is 12.9. The van der Waals surface area contributed by atoms with E-state index in [4.69, 9.17) is 18.0 Å². The van der Waals surface area contributed by atoms with E-state index >= 15 is 0 Å². The molecule has 0 amide bonds. The molecule has 2 rings (SSSR count). The van der Waals surface area contributed by atoms with Gasteiger partial charge in [0.1, 0.15) is 0 Å². The van der Waals surface area contributed by atoms with Crippen LogP contribution in [-0.2, 0) is 10.0 Å². The fraction of sp³-hybridized carbons (Fsp3) is 0.462. The molecule has 0 bridgehead atoms. The molecule has 1 aliphatic rings. The zero-order chi connectivity index (χ0) is 15.6. The normalized spacial score (nSPS) is 16.5. The monoisotopic (exact) mass is 334 g/mol. The maximum atomic E-state index is 13.3. The molecule has 1 fully saturated rings. The smallest absolute Gasteiger partial charge is 0.243 e. The van der Waals surface area contributed by atoms with Crippen molar-refractivity contribution in [2.45, 2.75) is 36.6 Å². The van der Waals surface area contributed by atoms with E-state index in [1.165, 1.54) is 4.31 Å². The van der Waals surface area contributed by atoms with Crippen LogP contribution >= 0.6 is 12.2 Å². The van der Waals surface area contributed by atoms with E-state index in [1.54, 1.807) is 0 Å². The van der Waals surface area contributed by atoms with E-state index in [2.05, 4.69) is 0 Å². The zero-order valence-electron chi connectivity index (χ0n) is 11.3. The number of benzene rings is 1. The SMILES string of the molecule is NC(=S)CN(C1CCCC1)S(=O)(=O)c1ccc(F)c(F)c1. The molecule has 2 N–H and O–H groups in total. The maximum Gasteiger partial charge on any atom is 0.243 e. The molecule has 1 aromatic rings. The molecule has 0 saturated heterocycles. The van der Waals surface area contributed by atoms with E-state index in [1.807, 2.05) is 0 Å². The number of thiocarbonyl (C=S) groups is 1. The van der Waals surface area contributed by atoms with Crippen LogP contribution in [0.1, 0.15) is 25.7 Å².